The maximum atomic E-state index is 12.5. The van der Waals surface area contributed by atoms with Crippen molar-refractivity contribution < 1.29 is 14.3 Å². The number of nitrogens with one attached hydrogen (secondary N) is 2. The monoisotopic (exact) mass is 356 g/mol. The van der Waals surface area contributed by atoms with Gasteiger partial charge in [0.15, 0.2) is 0 Å². The molecule has 2 N–H and O–H groups in total. The summed E-state index contributed by atoms with van der Waals surface area (Å²) in [5.74, 6) is -0.329. The minimum Gasteiger partial charge on any atom is -0.464 e. The Morgan fingerprint density at radius 2 is 1.96 bits per heavy atom. The van der Waals surface area contributed by atoms with Crippen molar-refractivity contribution in [2.75, 3.05) is 6.61 Å². The zero-order valence-electron chi connectivity index (χ0n) is 15.5. The molecule has 0 aliphatic heterocycles. The van der Waals surface area contributed by atoms with Crippen LogP contribution in [0.15, 0.2) is 30.5 Å². The van der Waals surface area contributed by atoms with Crippen LogP contribution in [0.2, 0.25) is 0 Å². The number of benzene rings is 1. The number of amides is 1. The molecule has 1 aromatic heterocycles. The number of carbonyl (C=O) groups excluding carboxylic acids is 2. The number of rotatable bonds is 7. The van der Waals surface area contributed by atoms with Crippen LogP contribution in [-0.4, -0.2) is 29.0 Å². The third-order valence-corrected chi connectivity index (χ3v) is 5.28. The second-order valence-electron chi connectivity index (χ2n) is 7.12. The van der Waals surface area contributed by atoms with Crippen LogP contribution in [0.1, 0.15) is 57.4 Å². The summed E-state index contributed by atoms with van der Waals surface area (Å²) in [5.41, 5.74) is 1.54. The van der Waals surface area contributed by atoms with Gasteiger partial charge in [-0.2, -0.15) is 0 Å². The van der Waals surface area contributed by atoms with Crippen molar-refractivity contribution in [1.29, 1.82) is 0 Å². The van der Waals surface area contributed by atoms with Gasteiger partial charge in [0.1, 0.15) is 5.54 Å². The van der Waals surface area contributed by atoms with E-state index >= 15 is 0 Å². The molecular formula is C21H28N2O3. The van der Waals surface area contributed by atoms with Gasteiger partial charge >= 0.3 is 5.97 Å². The van der Waals surface area contributed by atoms with Crippen LogP contribution >= 0.6 is 0 Å². The Morgan fingerprint density at radius 1 is 1.19 bits per heavy atom. The number of H-pyrrole nitrogens is 1. The van der Waals surface area contributed by atoms with Gasteiger partial charge < -0.3 is 15.0 Å². The third-order valence-electron chi connectivity index (χ3n) is 5.28. The quantitative estimate of drug-likeness (QED) is 0.740. The van der Waals surface area contributed by atoms with Crippen molar-refractivity contribution in [2.45, 2.75) is 63.8 Å². The van der Waals surface area contributed by atoms with Gasteiger partial charge in [-0.15, -0.1) is 0 Å². The Balaban J connectivity index is 1.56. The largest absolute Gasteiger partial charge is 0.464 e. The number of aryl methyl sites for hydroxylation is 1. The van der Waals surface area contributed by atoms with E-state index in [1.807, 2.05) is 18.3 Å². The van der Waals surface area contributed by atoms with Gasteiger partial charge in [0.05, 0.1) is 6.61 Å². The lowest BCUT2D eigenvalue weighted by molar-refractivity contribution is -0.155. The molecule has 0 unspecified atom stereocenters. The summed E-state index contributed by atoms with van der Waals surface area (Å²) in [5, 5.41) is 4.22. The molecule has 26 heavy (non-hydrogen) atoms. The molecule has 1 aliphatic carbocycles. The van der Waals surface area contributed by atoms with E-state index in [1.165, 1.54) is 10.9 Å². The second-order valence-corrected chi connectivity index (χ2v) is 7.12. The highest BCUT2D eigenvalue weighted by atomic mass is 16.5. The lowest BCUT2D eigenvalue weighted by Gasteiger charge is -2.35. The number of aromatic nitrogens is 1. The van der Waals surface area contributed by atoms with Gasteiger partial charge in [-0.05, 0) is 44.2 Å². The Morgan fingerprint density at radius 3 is 2.73 bits per heavy atom. The first-order valence-corrected chi connectivity index (χ1v) is 9.68. The number of ether oxygens (including phenoxy) is 1. The maximum Gasteiger partial charge on any atom is 0.331 e. The zero-order valence-corrected chi connectivity index (χ0v) is 15.5. The van der Waals surface area contributed by atoms with E-state index in [2.05, 4.69) is 22.4 Å². The van der Waals surface area contributed by atoms with Gasteiger partial charge in [-0.3, -0.25) is 4.79 Å². The van der Waals surface area contributed by atoms with E-state index < -0.39 is 5.54 Å². The molecular weight excluding hydrogens is 328 g/mol. The highest BCUT2D eigenvalue weighted by Crippen LogP contribution is 2.30. The molecule has 1 fully saturated rings. The number of hydrogen-bond acceptors (Lipinski definition) is 3. The lowest BCUT2D eigenvalue weighted by Crippen LogP contribution is -2.56. The fourth-order valence-corrected chi connectivity index (χ4v) is 3.91. The molecule has 3 rings (SSSR count). The molecule has 1 amide bonds. The highest BCUT2D eigenvalue weighted by molar-refractivity contribution is 5.88. The highest BCUT2D eigenvalue weighted by Gasteiger charge is 2.42. The summed E-state index contributed by atoms with van der Waals surface area (Å²) in [7, 11) is 0. The summed E-state index contributed by atoms with van der Waals surface area (Å²) in [6.07, 6.45) is 8.40. The Kier molecular flexibility index (Phi) is 5.96. The normalized spacial score (nSPS) is 16.3. The fraction of sp³-hybridized carbons (Fsp3) is 0.524. The van der Waals surface area contributed by atoms with Gasteiger partial charge in [0.25, 0.3) is 0 Å². The van der Waals surface area contributed by atoms with Crippen molar-refractivity contribution in [2.24, 2.45) is 0 Å². The van der Waals surface area contributed by atoms with Crippen LogP contribution in [0.4, 0.5) is 0 Å². The smallest absolute Gasteiger partial charge is 0.331 e. The van der Waals surface area contributed by atoms with Crippen LogP contribution in [0.3, 0.4) is 0 Å². The zero-order chi connectivity index (χ0) is 18.4. The van der Waals surface area contributed by atoms with Gasteiger partial charge in [-0.1, -0.05) is 37.5 Å². The molecule has 0 radical (unpaired) electrons. The Bertz CT molecular complexity index is 759. The predicted molar refractivity (Wildman–Crippen MR) is 102 cm³/mol. The van der Waals surface area contributed by atoms with E-state index in [0.29, 0.717) is 25.9 Å². The summed E-state index contributed by atoms with van der Waals surface area (Å²) in [6, 6.07) is 8.18. The second kappa shape index (κ2) is 8.39. The van der Waals surface area contributed by atoms with E-state index in [1.54, 1.807) is 6.92 Å². The summed E-state index contributed by atoms with van der Waals surface area (Å²) >= 11 is 0. The van der Waals surface area contributed by atoms with Gasteiger partial charge in [0.2, 0.25) is 5.91 Å². The first kappa shape index (κ1) is 18.5. The molecule has 5 heteroatoms. The fourth-order valence-electron chi connectivity index (χ4n) is 3.91. The van der Waals surface area contributed by atoms with Crippen LogP contribution in [0.5, 0.6) is 0 Å². The van der Waals surface area contributed by atoms with E-state index in [4.69, 9.17) is 4.74 Å². The number of aromatic amines is 1. The van der Waals surface area contributed by atoms with Crippen LogP contribution in [0, 0.1) is 0 Å². The molecule has 0 atom stereocenters. The molecule has 0 spiro atoms. The van der Waals surface area contributed by atoms with E-state index in [9.17, 15) is 9.59 Å². The molecule has 1 heterocycles. The van der Waals surface area contributed by atoms with Gasteiger partial charge in [-0.25, -0.2) is 4.79 Å². The Hall–Kier alpha value is -2.30. The van der Waals surface area contributed by atoms with Crippen LogP contribution in [-0.2, 0) is 20.7 Å². The standard InChI is InChI=1S/C21H28N2O3/c1-2-26-20(25)21(13-6-3-7-14-21)23-19(24)12-8-9-16-15-22-18-11-5-4-10-17(16)18/h4-5,10-11,15,22H,2-3,6-9,12-14H2,1H3,(H,23,24). The van der Waals surface area contributed by atoms with Crippen LogP contribution in [0.25, 0.3) is 10.9 Å². The number of para-hydroxylation sites is 1. The van der Waals surface area contributed by atoms with Crippen molar-refractivity contribution >= 4 is 22.8 Å². The maximum absolute atomic E-state index is 12.5. The molecule has 0 bridgehead atoms. The molecule has 1 saturated carbocycles. The molecule has 1 aromatic carbocycles. The first-order valence-electron chi connectivity index (χ1n) is 9.68. The first-order chi connectivity index (χ1) is 12.6. The van der Waals surface area contributed by atoms with Crippen LogP contribution < -0.4 is 5.32 Å². The topological polar surface area (TPSA) is 71.2 Å². The number of fused-ring (bicyclic) bond motifs is 1. The van der Waals surface area contributed by atoms with Crippen molar-refractivity contribution in [3.05, 3.63) is 36.0 Å². The van der Waals surface area contributed by atoms with Gasteiger partial charge in [0, 0.05) is 23.5 Å². The molecule has 5 nitrogen and oxygen atoms in total. The minimum atomic E-state index is -0.813. The number of carbonyl (C=O) groups is 2. The average molecular weight is 356 g/mol. The SMILES string of the molecule is CCOC(=O)C1(NC(=O)CCCc2c[nH]c3ccccc23)CCCCC1. The third kappa shape index (κ3) is 4.09. The van der Waals surface area contributed by atoms with Crippen molar-refractivity contribution in [3.63, 3.8) is 0 Å². The molecule has 0 saturated heterocycles. The van der Waals surface area contributed by atoms with Crippen molar-refractivity contribution in [1.82, 2.24) is 10.3 Å². The average Bonchev–Trinajstić information content (AvgIpc) is 3.06. The summed E-state index contributed by atoms with van der Waals surface area (Å²) in [6.45, 7) is 2.15. The van der Waals surface area contributed by atoms with Crippen molar-refractivity contribution in [3.8, 4) is 0 Å². The number of esters is 1. The molecule has 2 aromatic rings. The molecule has 1 aliphatic rings. The van der Waals surface area contributed by atoms with E-state index in [-0.39, 0.29) is 11.9 Å². The summed E-state index contributed by atoms with van der Waals surface area (Å²) < 4.78 is 5.24. The Labute approximate surface area is 154 Å². The number of hydrogen-bond donors (Lipinski definition) is 2. The lowest BCUT2D eigenvalue weighted by atomic mass is 9.81. The van der Waals surface area contributed by atoms with E-state index in [0.717, 1.165) is 37.6 Å². The summed E-state index contributed by atoms with van der Waals surface area (Å²) in [4.78, 5) is 28.2. The predicted octanol–water partition coefficient (Wildman–Crippen LogP) is 3.87. The minimum absolute atomic E-state index is 0.0557. The molecule has 140 valence electrons.